The summed E-state index contributed by atoms with van der Waals surface area (Å²) < 4.78 is 146. The van der Waals surface area contributed by atoms with E-state index in [1.165, 1.54) is 0 Å². The smallest absolute Gasteiger partial charge is 0.264 e. The Labute approximate surface area is 124 Å². The molecule has 0 aliphatic carbocycles. The molecule has 0 rings (SSSR count). The van der Waals surface area contributed by atoms with Gasteiger partial charge in [0.15, 0.2) is 6.67 Å². The summed E-state index contributed by atoms with van der Waals surface area (Å²) in [4.78, 5) is 0. The molecule has 0 aromatic carbocycles. The summed E-state index contributed by atoms with van der Waals surface area (Å²) in [7, 11) is -5.39. The molecule has 0 saturated carbocycles. The van der Waals surface area contributed by atoms with Crippen LogP contribution >= 0.6 is 0 Å². The molecule has 1 N–H and O–H groups in total. The molecule has 14 heteroatoms. The third kappa shape index (κ3) is 10.6. The first-order valence-electron chi connectivity index (χ1n) is 5.58. The van der Waals surface area contributed by atoms with Crippen LogP contribution in [0.4, 0.5) is 39.5 Å². The number of hydrogen-bond acceptors (Lipinski definition) is 3. The van der Waals surface area contributed by atoms with Gasteiger partial charge in [-0.3, -0.25) is 4.55 Å². The maximum Gasteiger partial charge on any atom is 0.397 e. The maximum atomic E-state index is 13.1. The van der Waals surface area contributed by atoms with Crippen molar-refractivity contribution in [3.63, 3.8) is 0 Å². The lowest BCUT2D eigenvalue weighted by Gasteiger charge is -2.27. The lowest BCUT2D eigenvalue weighted by molar-refractivity contribution is -0.185. The predicted octanol–water partition coefficient (Wildman–Crippen LogP) is 3.49. The molecule has 0 aliphatic heterocycles. The first kappa shape index (κ1) is 22.2. The van der Waals surface area contributed by atoms with Crippen LogP contribution in [0.3, 0.4) is 0 Å². The highest BCUT2D eigenvalue weighted by molar-refractivity contribution is 7.80. The molecule has 0 amide bonds. The number of alkyl halides is 9. The summed E-state index contributed by atoms with van der Waals surface area (Å²) >= 11 is 0. The lowest BCUT2D eigenvalue weighted by Crippen LogP contribution is -2.40. The van der Waals surface area contributed by atoms with Gasteiger partial charge in [-0.1, -0.05) is 0 Å². The Morgan fingerprint density at radius 2 is 1.09 bits per heavy atom. The number of halogens is 9. The summed E-state index contributed by atoms with van der Waals surface area (Å²) in [5.74, 6) is -19.0. The van der Waals surface area contributed by atoms with E-state index in [4.69, 9.17) is 4.55 Å². The van der Waals surface area contributed by atoms with Crippen LogP contribution in [0.1, 0.15) is 19.3 Å². The highest BCUT2D eigenvalue weighted by Crippen LogP contribution is 2.42. The van der Waals surface area contributed by atoms with Crippen LogP contribution in [-0.4, -0.2) is 49.9 Å². The first-order valence-corrected chi connectivity index (χ1v) is 6.94. The van der Waals surface area contributed by atoms with Gasteiger partial charge < -0.3 is 0 Å². The first-order chi connectivity index (χ1) is 9.89. The van der Waals surface area contributed by atoms with Gasteiger partial charge in [-0.2, -0.15) is 8.42 Å². The van der Waals surface area contributed by atoms with Gasteiger partial charge in [0, 0.05) is 0 Å². The molecule has 23 heavy (non-hydrogen) atoms. The fourth-order valence-corrected chi connectivity index (χ4v) is 1.84. The molecule has 0 aromatic rings. The molecule has 0 bridgehead atoms. The number of rotatable bonds is 10. The summed E-state index contributed by atoms with van der Waals surface area (Å²) in [6.45, 7) is -4.82. The molecule has 0 spiro atoms. The second kappa shape index (κ2) is 7.01. The van der Waals surface area contributed by atoms with Crippen molar-refractivity contribution in [2.45, 2.75) is 43.0 Å². The molecular weight excluding hydrogens is 375 g/mol. The average Bonchev–Trinajstić information content (AvgIpc) is 2.20. The van der Waals surface area contributed by atoms with Crippen LogP contribution in [-0.2, 0) is 14.6 Å². The van der Waals surface area contributed by atoms with Gasteiger partial charge in [0.25, 0.3) is 23.7 Å². The third-order valence-electron chi connectivity index (χ3n) is 2.17. The molecule has 0 heterocycles. The second-order valence-electron chi connectivity index (χ2n) is 4.78. The second-order valence-corrected chi connectivity index (χ2v) is 5.87. The van der Waals surface area contributed by atoms with E-state index in [0.717, 1.165) is 0 Å². The van der Waals surface area contributed by atoms with E-state index >= 15 is 0 Å². The Kier molecular flexibility index (Phi) is 6.78. The van der Waals surface area contributed by atoms with Crippen molar-refractivity contribution in [2.75, 3.05) is 13.3 Å². The van der Waals surface area contributed by atoms with Crippen molar-refractivity contribution in [3.05, 3.63) is 0 Å². The standard InChI is InChI=1S/C9H11F9O4S/c10-4-8(15,16)2-6(11,12)1-7(13,14)3-9(17,18)5-22-23(19,20)21/h1-5H2,(H,19,20,21). The molecule has 0 unspecified atom stereocenters. The van der Waals surface area contributed by atoms with Crippen molar-refractivity contribution in [1.82, 2.24) is 0 Å². The highest BCUT2D eigenvalue weighted by atomic mass is 32.3. The van der Waals surface area contributed by atoms with Gasteiger partial charge in [-0.15, -0.1) is 0 Å². The average molecular weight is 386 g/mol. The van der Waals surface area contributed by atoms with Gasteiger partial charge in [-0.05, 0) is 0 Å². The Bertz CT molecular complexity index is 491. The van der Waals surface area contributed by atoms with E-state index in [1.807, 2.05) is 0 Å². The maximum absolute atomic E-state index is 13.1. The van der Waals surface area contributed by atoms with E-state index in [2.05, 4.69) is 4.18 Å². The van der Waals surface area contributed by atoms with Gasteiger partial charge in [0.05, 0.1) is 19.3 Å². The van der Waals surface area contributed by atoms with Crippen molar-refractivity contribution >= 4 is 10.4 Å². The molecule has 0 saturated heterocycles. The number of hydrogen-bond donors (Lipinski definition) is 1. The van der Waals surface area contributed by atoms with Crippen LogP contribution in [0.15, 0.2) is 0 Å². The Morgan fingerprint density at radius 1 is 0.739 bits per heavy atom. The topological polar surface area (TPSA) is 63.6 Å². The van der Waals surface area contributed by atoms with Gasteiger partial charge in [0.2, 0.25) is 0 Å². The van der Waals surface area contributed by atoms with Crippen molar-refractivity contribution in [1.29, 1.82) is 0 Å². The molecule has 0 fully saturated rings. The van der Waals surface area contributed by atoms with Crippen molar-refractivity contribution in [2.24, 2.45) is 0 Å². The molecule has 140 valence electrons. The quantitative estimate of drug-likeness (QED) is 0.461. The normalized spacial score (nSPS) is 15.0. The van der Waals surface area contributed by atoms with Crippen LogP contribution in [0.2, 0.25) is 0 Å². The lowest BCUT2D eigenvalue weighted by atomic mass is 9.99. The van der Waals surface area contributed by atoms with E-state index in [1.54, 1.807) is 0 Å². The molecule has 0 aliphatic rings. The van der Waals surface area contributed by atoms with Crippen LogP contribution in [0.5, 0.6) is 0 Å². The van der Waals surface area contributed by atoms with E-state index in [-0.39, 0.29) is 0 Å². The van der Waals surface area contributed by atoms with Gasteiger partial charge in [-0.25, -0.2) is 43.7 Å². The third-order valence-corrected chi connectivity index (χ3v) is 2.58. The zero-order chi connectivity index (χ0) is 18.7. The summed E-state index contributed by atoms with van der Waals surface area (Å²) in [5, 5.41) is 0. The predicted molar refractivity (Wildman–Crippen MR) is 57.1 cm³/mol. The Hall–Kier alpha value is -0.760. The van der Waals surface area contributed by atoms with Gasteiger partial charge >= 0.3 is 10.4 Å². The van der Waals surface area contributed by atoms with E-state index < -0.39 is 66.6 Å². The van der Waals surface area contributed by atoms with Crippen LogP contribution in [0, 0.1) is 0 Å². The van der Waals surface area contributed by atoms with E-state index in [9.17, 15) is 47.9 Å². The molecule has 0 radical (unpaired) electrons. The Morgan fingerprint density at radius 3 is 1.43 bits per heavy atom. The zero-order valence-electron chi connectivity index (χ0n) is 11.0. The van der Waals surface area contributed by atoms with Gasteiger partial charge in [0.1, 0.15) is 6.61 Å². The molecular formula is C9H11F9O4S. The summed E-state index contributed by atoms with van der Waals surface area (Å²) in [6, 6.07) is 0. The van der Waals surface area contributed by atoms with Crippen LogP contribution in [0.25, 0.3) is 0 Å². The minimum absolute atomic E-state index is 2.27. The zero-order valence-corrected chi connectivity index (χ0v) is 11.8. The van der Waals surface area contributed by atoms with Crippen LogP contribution < -0.4 is 0 Å². The molecule has 4 nitrogen and oxygen atoms in total. The minimum atomic E-state index is -5.39. The summed E-state index contributed by atoms with van der Waals surface area (Å²) in [5.41, 5.74) is 0. The van der Waals surface area contributed by atoms with Crippen molar-refractivity contribution in [3.8, 4) is 0 Å². The SMILES string of the molecule is O=S(=O)(O)OCC(F)(F)CC(F)(F)CC(F)(F)CC(F)(F)CF. The molecule has 0 atom stereocenters. The fourth-order valence-electron chi connectivity index (χ4n) is 1.52. The molecule has 0 aromatic heterocycles. The van der Waals surface area contributed by atoms with Crippen molar-refractivity contribution < 1.29 is 56.7 Å². The monoisotopic (exact) mass is 386 g/mol. The highest BCUT2D eigenvalue weighted by Gasteiger charge is 2.53. The fraction of sp³-hybridized carbons (Fsp3) is 1.00. The van der Waals surface area contributed by atoms with E-state index in [0.29, 0.717) is 0 Å². The largest absolute Gasteiger partial charge is 0.397 e. The Balaban J connectivity index is 4.85. The summed E-state index contributed by atoms with van der Waals surface area (Å²) in [6.07, 6.45) is -8.01. The minimum Gasteiger partial charge on any atom is -0.264 e.